The van der Waals surface area contributed by atoms with Crippen LogP contribution in [-0.4, -0.2) is 49.7 Å². The number of hydrogen-bond donors (Lipinski definition) is 0. The Kier molecular flexibility index (Phi) is 7.86. The fourth-order valence-electron chi connectivity index (χ4n) is 3.55. The van der Waals surface area contributed by atoms with E-state index in [1.54, 1.807) is 12.1 Å². The van der Waals surface area contributed by atoms with Crippen molar-refractivity contribution >= 4 is 15.9 Å². The molecule has 1 heterocycles. The minimum atomic E-state index is -3.49. The van der Waals surface area contributed by atoms with Crippen LogP contribution in [0.2, 0.25) is 0 Å². The summed E-state index contributed by atoms with van der Waals surface area (Å²) in [5.41, 5.74) is 1.13. The first kappa shape index (κ1) is 21.9. The fourth-order valence-corrected chi connectivity index (χ4v) is 5.02. The molecular formula is C21H34N2O3S. The van der Waals surface area contributed by atoms with Gasteiger partial charge in [0.2, 0.25) is 15.9 Å². The highest BCUT2D eigenvalue weighted by Crippen LogP contribution is 2.26. The van der Waals surface area contributed by atoms with Crippen molar-refractivity contribution in [3.05, 3.63) is 29.8 Å². The van der Waals surface area contributed by atoms with Gasteiger partial charge in [-0.25, -0.2) is 8.42 Å². The molecule has 1 amide bonds. The van der Waals surface area contributed by atoms with E-state index in [-0.39, 0.29) is 11.8 Å². The number of unbranched alkanes of at least 4 members (excludes halogenated alkanes) is 1. The second-order valence-corrected chi connectivity index (χ2v) is 9.61. The summed E-state index contributed by atoms with van der Waals surface area (Å²) in [4.78, 5) is 15.0. The van der Waals surface area contributed by atoms with Crippen LogP contribution in [-0.2, 0) is 14.8 Å². The summed E-state index contributed by atoms with van der Waals surface area (Å²) in [6.07, 6.45) is 3.28. The molecule has 5 nitrogen and oxygen atoms in total. The van der Waals surface area contributed by atoms with E-state index in [2.05, 4.69) is 20.8 Å². The number of rotatable bonds is 8. The lowest BCUT2D eigenvalue weighted by Crippen LogP contribution is -2.44. The van der Waals surface area contributed by atoms with Crippen molar-refractivity contribution in [2.45, 2.75) is 64.2 Å². The number of amides is 1. The molecule has 0 bridgehead atoms. The maximum Gasteiger partial charge on any atom is 0.243 e. The van der Waals surface area contributed by atoms with E-state index in [0.717, 1.165) is 31.5 Å². The van der Waals surface area contributed by atoms with E-state index in [9.17, 15) is 13.2 Å². The Morgan fingerprint density at radius 2 is 1.74 bits per heavy atom. The smallest absolute Gasteiger partial charge is 0.243 e. The standard InChI is InChI=1S/C21H34N2O3S/c1-5-7-14-22(6-2)21(24)19-12-15-23(16-13-19)27(25,26)20-10-8-18(9-11-20)17(3)4/h8-11,17,19H,5-7,12-16H2,1-4H3. The zero-order chi connectivity index (χ0) is 20.0. The van der Waals surface area contributed by atoms with Crippen molar-refractivity contribution in [2.24, 2.45) is 5.92 Å². The fraction of sp³-hybridized carbons (Fsp3) is 0.667. The molecule has 0 N–H and O–H groups in total. The highest BCUT2D eigenvalue weighted by molar-refractivity contribution is 7.89. The molecule has 0 unspecified atom stereocenters. The molecule has 1 aliphatic heterocycles. The molecule has 0 saturated carbocycles. The van der Waals surface area contributed by atoms with Gasteiger partial charge in [0.1, 0.15) is 0 Å². The maximum absolute atomic E-state index is 12.9. The second-order valence-electron chi connectivity index (χ2n) is 7.67. The van der Waals surface area contributed by atoms with Crippen LogP contribution in [0.5, 0.6) is 0 Å². The molecule has 0 atom stereocenters. The van der Waals surface area contributed by atoms with Crippen LogP contribution in [0.15, 0.2) is 29.2 Å². The Bertz CT molecular complexity index is 705. The molecule has 6 heteroatoms. The van der Waals surface area contributed by atoms with Gasteiger partial charge >= 0.3 is 0 Å². The zero-order valence-corrected chi connectivity index (χ0v) is 18.0. The topological polar surface area (TPSA) is 57.7 Å². The molecular weight excluding hydrogens is 360 g/mol. The van der Waals surface area contributed by atoms with Crippen LogP contribution in [0.1, 0.15) is 64.9 Å². The SMILES string of the molecule is CCCCN(CC)C(=O)C1CCN(S(=O)(=O)c2ccc(C(C)C)cc2)CC1. The van der Waals surface area contributed by atoms with E-state index >= 15 is 0 Å². The molecule has 27 heavy (non-hydrogen) atoms. The molecule has 1 saturated heterocycles. The molecule has 1 aromatic rings. The molecule has 1 fully saturated rings. The van der Waals surface area contributed by atoms with Crippen LogP contribution in [0, 0.1) is 5.92 Å². The zero-order valence-electron chi connectivity index (χ0n) is 17.1. The number of hydrogen-bond acceptors (Lipinski definition) is 3. The van der Waals surface area contributed by atoms with Crippen LogP contribution in [0.4, 0.5) is 0 Å². The van der Waals surface area contributed by atoms with Crippen LogP contribution < -0.4 is 0 Å². The summed E-state index contributed by atoms with van der Waals surface area (Å²) in [6.45, 7) is 10.7. The maximum atomic E-state index is 12.9. The van der Waals surface area contributed by atoms with Gasteiger partial charge in [0.25, 0.3) is 0 Å². The third kappa shape index (κ3) is 5.32. The number of benzene rings is 1. The summed E-state index contributed by atoms with van der Waals surface area (Å²) in [7, 11) is -3.49. The summed E-state index contributed by atoms with van der Waals surface area (Å²) >= 11 is 0. The van der Waals surface area contributed by atoms with Crippen molar-refractivity contribution < 1.29 is 13.2 Å². The van der Waals surface area contributed by atoms with Crippen molar-refractivity contribution in [1.29, 1.82) is 0 Å². The van der Waals surface area contributed by atoms with Gasteiger partial charge in [-0.15, -0.1) is 0 Å². The summed E-state index contributed by atoms with van der Waals surface area (Å²) < 4.78 is 27.3. The van der Waals surface area contributed by atoms with E-state index in [1.807, 2.05) is 24.0 Å². The summed E-state index contributed by atoms with van der Waals surface area (Å²) in [5, 5.41) is 0. The second kappa shape index (κ2) is 9.69. The normalized spacial score (nSPS) is 16.6. The summed E-state index contributed by atoms with van der Waals surface area (Å²) in [5.74, 6) is 0.499. The van der Waals surface area contributed by atoms with E-state index in [0.29, 0.717) is 36.7 Å². The van der Waals surface area contributed by atoms with Gasteiger partial charge in [0.05, 0.1) is 4.90 Å². The van der Waals surface area contributed by atoms with Gasteiger partial charge in [0.15, 0.2) is 0 Å². The lowest BCUT2D eigenvalue weighted by Gasteiger charge is -2.33. The van der Waals surface area contributed by atoms with Crippen molar-refractivity contribution in [3.8, 4) is 0 Å². The quantitative estimate of drug-likeness (QED) is 0.673. The van der Waals surface area contributed by atoms with Gasteiger partial charge in [-0.3, -0.25) is 4.79 Å². The van der Waals surface area contributed by atoms with E-state index in [1.165, 1.54) is 4.31 Å². The van der Waals surface area contributed by atoms with Gasteiger partial charge in [-0.2, -0.15) is 4.31 Å². The predicted octanol–water partition coefficient (Wildman–Crippen LogP) is 3.86. The Hall–Kier alpha value is -1.40. The van der Waals surface area contributed by atoms with Gasteiger partial charge in [-0.1, -0.05) is 39.3 Å². The third-order valence-electron chi connectivity index (χ3n) is 5.46. The van der Waals surface area contributed by atoms with E-state index < -0.39 is 10.0 Å². The largest absolute Gasteiger partial charge is 0.343 e. The number of nitrogens with zero attached hydrogens (tertiary/aromatic N) is 2. The monoisotopic (exact) mass is 394 g/mol. The van der Waals surface area contributed by atoms with Crippen LogP contribution in [0.25, 0.3) is 0 Å². The number of carbonyl (C=O) groups is 1. The van der Waals surface area contributed by atoms with Gasteiger partial charge < -0.3 is 4.90 Å². The Morgan fingerprint density at radius 1 is 1.15 bits per heavy atom. The van der Waals surface area contributed by atoms with Crippen molar-refractivity contribution in [2.75, 3.05) is 26.2 Å². The molecule has 2 rings (SSSR count). The lowest BCUT2D eigenvalue weighted by molar-refractivity contribution is -0.136. The first-order valence-corrected chi connectivity index (χ1v) is 11.6. The molecule has 0 aromatic heterocycles. The molecule has 152 valence electrons. The average Bonchev–Trinajstić information content (AvgIpc) is 2.68. The predicted molar refractivity (Wildman–Crippen MR) is 109 cm³/mol. The Balaban J connectivity index is 2.00. The molecule has 1 aliphatic rings. The number of piperidine rings is 1. The molecule has 0 radical (unpaired) electrons. The summed E-state index contributed by atoms with van der Waals surface area (Å²) in [6, 6.07) is 7.18. The van der Waals surface area contributed by atoms with Crippen molar-refractivity contribution in [3.63, 3.8) is 0 Å². The minimum absolute atomic E-state index is 0.0587. The van der Waals surface area contributed by atoms with Crippen LogP contribution in [0.3, 0.4) is 0 Å². The first-order chi connectivity index (χ1) is 12.8. The number of sulfonamides is 1. The van der Waals surface area contributed by atoms with Crippen LogP contribution >= 0.6 is 0 Å². The molecule has 0 spiro atoms. The first-order valence-electron chi connectivity index (χ1n) is 10.2. The lowest BCUT2D eigenvalue weighted by atomic mass is 9.96. The average molecular weight is 395 g/mol. The van der Waals surface area contributed by atoms with E-state index in [4.69, 9.17) is 0 Å². The highest BCUT2D eigenvalue weighted by atomic mass is 32.2. The van der Waals surface area contributed by atoms with Crippen molar-refractivity contribution in [1.82, 2.24) is 9.21 Å². The third-order valence-corrected chi connectivity index (χ3v) is 7.38. The Labute approximate surface area is 164 Å². The highest BCUT2D eigenvalue weighted by Gasteiger charge is 2.33. The van der Waals surface area contributed by atoms with Gasteiger partial charge in [-0.05, 0) is 49.8 Å². The number of carbonyl (C=O) groups excluding carboxylic acids is 1. The van der Waals surface area contributed by atoms with Gasteiger partial charge in [0, 0.05) is 32.1 Å². The molecule has 1 aromatic carbocycles. The Morgan fingerprint density at radius 3 is 2.22 bits per heavy atom. The minimum Gasteiger partial charge on any atom is -0.343 e. The molecule has 0 aliphatic carbocycles.